The third-order valence-corrected chi connectivity index (χ3v) is 2.30. The van der Waals surface area contributed by atoms with E-state index in [1.807, 2.05) is 6.92 Å². The first-order chi connectivity index (χ1) is 8.20. The van der Waals surface area contributed by atoms with Crippen LogP contribution in [0.2, 0.25) is 0 Å². The third-order valence-electron chi connectivity index (χ3n) is 2.30. The van der Waals surface area contributed by atoms with E-state index in [0.29, 0.717) is 16.7 Å². The summed E-state index contributed by atoms with van der Waals surface area (Å²) in [5.74, 6) is -0.672. The molecule has 1 rings (SSSR count). The lowest BCUT2D eigenvalue weighted by Gasteiger charge is -2.12. The Morgan fingerprint density at radius 3 is 2.17 bits per heavy atom. The Hall–Kier alpha value is -1.56. The summed E-state index contributed by atoms with van der Waals surface area (Å²) >= 11 is 0. The predicted molar refractivity (Wildman–Crippen MR) is 60.1 cm³/mol. The number of amides is 1. The Kier molecular flexibility index (Phi) is 4.34. The van der Waals surface area contributed by atoms with E-state index in [1.165, 1.54) is 0 Å². The summed E-state index contributed by atoms with van der Waals surface area (Å²) < 4.78 is 35.5. The van der Waals surface area contributed by atoms with Crippen LogP contribution < -0.4 is 5.48 Å². The molecule has 0 radical (unpaired) electrons. The average Bonchev–Trinajstić information content (AvgIpc) is 2.13. The standard InChI is InChI=1S/C12H14F3NO2/c1-7-4-8(2)10(9(3)5-7)11(17)16-18-6-12(13,14)15/h4-5H,6H2,1-3H3,(H,16,17). The molecule has 6 heteroatoms. The van der Waals surface area contributed by atoms with Gasteiger partial charge in [0.1, 0.15) is 0 Å². The van der Waals surface area contributed by atoms with E-state index in [1.54, 1.807) is 31.5 Å². The SMILES string of the molecule is Cc1cc(C)c(C(=O)NOCC(F)(F)F)c(C)c1. The molecule has 0 unspecified atom stereocenters. The molecule has 0 saturated heterocycles. The minimum Gasteiger partial charge on any atom is -0.267 e. The van der Waals surface area contributed by atoms with Crippen molar-refractivity contribution in [3.63, 3.8) is 0 Å². The monoisotopic (exact) mass is 261 g/mol. The number of nitrogens with one attached hydrogen (secondary N) is 1. The number of carbonyl (C=O) groups excluding carboxylic acids is 1. The first-order valence-electron chi connectivity index (χ1n) is 5.27. The maximum Gasteiger partial charge on any atom is 0.414 e. The van der Waals surface area contributed by atoms with Gasteiger partial charge in [0.05, 0.1) is 0 Å². The van der Waals surface area contributed by atoms with E-state index in [4.69, 9.17) is 0 Å². The van der Waals surface area contributed by atoms with Gasteiger partial charge >= 0.3 is 6.18 Å². The van der Waals surface area contributed by atoms with Gasteiger partial charge in [0, 0.05) is 5.56 Å². The van der Waals surface area contributed by atoms with Crippen molar-refractivity contribution in [2.75, 3.05) is 6.61 Å². The zero-order valence-corrected chi connectivity index (χ0v) is 10.3. The molecule has 0 aromatic heterocycles. The molecule has 0 saturated carbocycles. The van der Waals surface area contributed by atoms with Gasteiger partial charge in [-0.25, -0.2) is 5.48 Å². The first-order valence-corrected chi connectivity index (χ1v) is 5.27. The summed E-state index contributed by atoms with van der Waals surface area (Å²) in [7, 11) is 0. The molecule has 1 aromatic carbocycles. The number of alkyl halides is 3. The summed E-state index contributed by atoms with van der Waals surface area (Å²) in [6, 6.07) is 3.57. The quantitative estimate of drug-likeness (QED) is 0.850. The minimum absolute atomic E-state index is 0.336. The van der Waals surface area contributed by atoms with Crippen LogP contribution in [0.15, 0.2) is 12.1 Å². The van der Waals surface area contributed by atoms with Gasteiger partial charge in [0.25, 0.3) is 5.91 Å². The van der Waals surface area contributed by atoms with Crippen LogP contribution in [-0.4, -0.2) is 18.7 Å². The molecule has 3 nitrogen and oxygen atoms in total. The zero-order chi connectivity index (χ0) is 13.9. The van der Waals surface area contributed by atoms with Gasteiger partial charge in [-0.05, 0) is 31.9 Å². The Labute approximate surface area is 103 Å². The molecule has 1 amide bonds. The Morgan fingerprint density at radius 2 is 1.72 bits per heavy atom. The summed E-state index contributed by atoms with van der Waals surface area (Å²) in [5, 5.41) is 0. The molecule has 0 aliphatic heterocycles. The van der Waals surface area contributed by atoms with Crippen molar-refractivity contribution >= 4 is 5.91 Å². The van der Waals surface area contributed by atoms with Crippen LogP contribution in [0.5, 0.6) is 0 Å². The fourth-order valence-electron chi connectivity index (χ4n) is 1.77. The molecular weight excluding hydrogens is 247 g/mol. The number of aryl methyl sites for hydroxylation is 3. The van der Waals surface area contributed by atoms with Crippen molar-refractivity contribution in [1.82, 2.24) is 5.48 Å². The molecule has 0 spiro atoms. The maximum absolute atomic E-state index is 11.8. The molecule has 1 N–H and O–H groups in total. The molecule has 1 aromatic rings. The molecule has 100 valence electrons. The van der Waals surface area contributed by atoms with Crippen molar-refractivity contribution in [1.29, 1.82) is 0 Å². The van der Waals surface area contributed by atoms with Gasteiger partial charge in [-0.1, -0.05) is 17.7 Å². The van der Waals surface area contributed by atoms with E-state index in [-0.39, 0.29) is 0 Å². The van der Waals surface area contributed by atoms with Gasteiger partial charge in [-0.2, -0.15) is 13.2 Å². The number of hydrogen-bond donors (Lipinski definition) is 1. The van der Waals surface area contributed by atoms with Crippen LogP contribution in [-0.2, 0) is 4.84 Å². The van der Waals surface area contributed by atoms with Gasteiger partial charge in [-0.3, -0.25) is 9.63 Å². The molecular formula is C12H14F3NO2. The van der Waals surface area contributed by atoms with E-state index in [2.05, 4.69) is 4.84 Å². The fraction of sp³-hybridized carbons (Fsp3) is 0.417. The number of rotatable bonds is 3. The van der Waals surface area contributed by atoms with Crippen molar-refractivity contribution in [3.8, 4) is 0 Å². The highest BCUT2D eigenvalue weighted by Gasteiger charge is 2.28. The molecule has 0 fully saturated rings. The Morgan fingerprint density at radius 1 is 1.22 bits per heavy atom. The van der Waals surface area contributed by atoms with Crippen molar-refractivity contribution in [2.45, 2.75) is 26.9 Å². The summed E-state index contributed by atoms with van der Waals surface area (Å²) in [4.78, 5) is 15.8. The smallest absolute Gasteiger partial charge is 0.267 e. The first kappa shape index (κ1) is 14.5. The van der Waals surface area contributed by atoms with Crippen LogP contribution >= 0.6 is 0 Å². The second kappa shape index (κ2) is 5.39. The second-order valence-electron chi connectivity index (χ2n) is 4.11. The highest BCUT2D eigenvalue weighted by molar-refractivity contribution is 5.96. The van der Waals surface area contributed by atoms with Crippen LogP contribution in [0, 0.1) is 20.8 Å². The molecule has 18 heavy (non-hydrogen) atoms. The maximum atomic E-state index is 11.8. The molecule has 0 aliphatic carbocycles. The van der Waals surface area contributed by atoms with Gasteiger partial charge in [0.15, 0.2) is 6.61 Å². The summed E-state index contributed by atoms with van der Waals surface area (Å²) in [6.45, 7) is 3.81. The van der Waals surface area contributed by atoms with E-state index >= 15 is 0 Å². The van der Waals surface area contributed by atoms with Crippen molar-refractivity contribution in [2.24, 2.45) is 0 Å². The summed E-state index contributed by atoms with van der Waals surface area (Å²) in [6.07, 6.45) is -4.47. The van der Waals surface area contributed by atoms with E-state index < -0.39 is 18.7 Å². The third kappa shape index (κ3) is 4.03. The number of hydroxylamine groups is 1. The topological polar surface area (TPSA) is 38.3 Å². The van der Waals surface area contributed by atoms with E-state index in [9.17, 15) is 18.0 Å². The van der Waals surface area contributed by atoms with Crippen LogP contribution in [0.1, 0.15) is 27.0 Å². The second-order valence-corrected chi connectivity index (χ2v) is 4.11. The number of carbonyl (C=O) groups is 1. The number of halogens is 3. The van der Waals surface area contributed by atoms with Gasteiger partial charge in [0.2, 0.25) is 0 Å². The number of hydrogen-bond acceptors (Lipinski definition) is 2. The largest absolute Gasteiger partial charge is 0.414 e. The average molecular weight is 261 g/mol. The normalized spacial score (nSPS) is 11.4. The lowest BCUT2D eigenvalue weighted by Crippen LogP contribution is -2.30. The van der Waals surface area contributed by atoms with Gasteiger partial charge < -0.3 is 0 Å². The minimum atomic E-state index is -4.47. The fourth-order valence-corrected chi connectivity index (χ4v) is 1.77. The number of benzene rings is 1. The van der Waals surface area contributed by atoms with Crippen LogP contribution in [0.4, 0.5) is 13.2 Å². The molecule has 0 atom stereocenters. The highest BCUT2D eigenvalue weighted by atomic mass is 19.4. The van der Waals surface area contributed by atoms with Crippen LogP contribution in [0.3, 0.4) is 0 Å². The molecule has 0 heterocycles. The Bertz CT molecular complexity index is 432. The highest BCUT2D eigenvalue weighted by Crippen LogP contribution is 2.17. The Balaban J connectivity index is 2.74. The lowest BCUT2D eigenvalue weighted by molar-refractivity contribution is -0.184. The lowest BCUT2D eigenvalue weighted by atomic mass is 9.99. The van der Waals surface area contributed by atoms with Crippen molar-refractivity contribution in [3.05, 3.63) is 34.4 Å². The molecule has 0 aliphatic rings. The van der Waals surface area contributed by atoms with Crippen molar-refractivity contribution < 1.29 is 22.8 Å². The van der Waals surface area contributed by atoms with Gasteiger partial charge in [-0.15, -0.1) is 0 Å². The zero-order valence-electron chi connectivity index (χ0n) is 10.3. The predicted octanol–water partition coefficient (Wildman–Crippen LogP) is 2.84. The van der Waals surface area contributed by atoms with Crippen LogP contribution in [0.25, 0.3) is 0 Å². The van der Waals surface area contributed by atoms with E-state index in [0.717, 1.165) is 5.56 Å². The summed E-state index contributed by atoms with van der Waals surface area (Å²) in [5.41, 5.74) is 4.51. The molecule has 0 bridgehead atoms.